The van der Waals surface area contributed by atoms with Gasteiger partial charge in [0.25, 0.3) is 0 Å². The van der Waals surface area contributed by atoms with Crippen molar-refractivity contribution in [1.29, 1.82) is 0 Å². The molecule has 7 heteroatoms. The predicted octanol–water partition coefficient (Wildman–Crippen LogP) is 5.74. The lowest BCUT2D eigenvalue weighted by atomic mass is 10.1. The molecule has 0 spiro atoms. The fourth-order valence-electron chi connectivity index (χ4n) is 3.50. The fraction of sp³-hybridized carbons (Fsp3) is 0.308. The summed E-state index contributed by atoms with van der Waals surface area (Å²) in [4.78, 5) is 4.57. The number of benzene rings is 2. The zero-order valence-corrected chi connectivity index (χ0v) is 20.5. The third-order valence-corrected chi connectivity index (χ3v) is 7.10. The smallest absolute Gasteiger partial charge is 0.139 e. The van der Waals surface area contributed by atoms with Gasteiger partial charge >= 0.3 is 0 Å². The minimum absolute atomic E-state index is 0.0993. The summed E-state index contributed by atoms with van der Waals surface area (Å²) >= 11 is 0. The molecule has 4 aromatic rings. The van der Waals surface area contributed by atoms with Crippen molar-refractivity contribution < 1.29 is 14.6 Å². The molecule has 0 fully saturated rings. The van der Waals surface area contributed by atoms with Crippen LogP contribution in [-0.4, -0.2) is 41.2 Å². The number of aliphatic hydroxyl groups is 1. The van der Waals surface area contributed by atoms with Gasteiger partial charge in [-0.15, -0.1) is 0 Å². The second kappa shape index (κ2) is 10.3. The first kappa shape index (κ1) is 23.2. The van der Waals surface area contributed by atoms with Crippen LogP contribution in [-0.2, 0) is 17.9 Å². The Labute approximate surface area is 195 Å². The van der Waals surface area contributed by atoms with E-state index in [1.165, 1.54) is 0 Å². The van der Waals surface area contributed by atoms with Gasteiger partial charge < -0.3 is 14.6 Å². The average molecular weight is 462 g/mol. The first-order valence-corrected chi connectivity index (χ1v) is 15.0. The molecule has 2 heterocycles. The highest BCUT2D eigenvalue weighted by Gasteiger charge is 2.13. The Bertz CT molecular complexity index is 1200. The van der Waals surface area contributed by atoms with Crippen molar-refractivity contribution in [2.45, 2.75) is 38.8 Å². The molecule has 33 heavy (non-hydrogen) atoms. The predicted molar refractivity (Wildman–Crippen MR) is 134 cm³/mol. The molecule has 0 aliphatic carbocycles. The monoisotopic (exact) mass is 461 g/mol. The molecule has 0 bridgehead atoms. The molecule has 0 saturated carbocycles. The van der Waals surface area contributed by atoms with Crippen LogP contribution in [0.25, 0.3) is 22.2 Å². The van der Waals surface area contributed by atoms with E-state index in [-0.39, 0.29) is 6.61 Å². The van der Waals surface area contributed by atoms with Gasteiger partial charge in [0.05, 0.1) is 11.2 Å². The highest BCUT2D eigenvalue weighted by Crippen LogP contribution is 2.28. The van der Waals surface area contributed by atoms with Crippen molar-refractivity contribution in [2.75, 3.05) is 13.2 Å². The van der Waals surface area contributed by atoms with Crippen LogP contribution in [0.2, 0.25) is 25.7 Å². The Morgan fingerprint density at radius 1 is 0.939 bits per heavy atom. The lowest BCUT2D eigenvalue weighted by Crippen LogP contribution is -2.22. The summed E-state index contributed by atoms with van der Waals surface area (Å²) in [6.07, 6.45) is 2.36. The van der Waals surface area contributed by atoms with Crippen molar-refractivity contribution >= 4 is 19.0 Å². The van der Waals surface area contributed by atoms with E-state index in [1.807, 2.05) is 65.3 Å². The lowest BCUT2D eigenvalue weighted by Gasteiger charge is -2.16. The van der Waals surface area contributed by atoms with E-state index in [2.05, 4.69) is 29.7 Å². The van der Waals surface area contributed by atoms with Gasteiger partial charge in [0.2, 0.25) is 0 Å². The molecular formula is C26H31N3O3Si. The number of rotatable bonds is 10. The van der Waals surface area contributed by atoms with Gasteiger partial charge in [0.15, 0.2) is 0 Å². The normalized spacial score (nSPS) is 11.8. The lowest BCUT2D eigenvalue weighted by molar-refractivity contribution is 0.0798. The highest BCUT2D eigenvalue weighted by molar-refractivity contribution is 6.76. The molecule has 0 aliphatic rings. The van der Waals surface area contributed by atoms with Crippen molar-refractivity contribution in [3.63, 3.8) is 0 Å². The molecule has 0 radical (unpaired) electrons. The molecule has 1 N–H and O–H groups in total. The second-order valence-electron chi connectivity index (χ2n) is 9.32. The first-order chi connectivity index (χ1) is 15.9. The van der Waals surface area contributed by atoms with E-state index < -0.39 is 8.07 Å². The molecule has 0 aliphatic heterocycles. The van der Waals surface area contributed by atoms with Gasteiger partial charge in [0.1, 0.15) is 18.2 Å². The van der Waals surface area contributed by atoms with Gasteiger partial charge in [0, 0.05) is 50.5 Å². The summed E-state index contributed by atoms with van der Waals surface area (Å²) < 4.78 is 13.8. The van der Waals surface area contributed by atoms with Crippen LogP contribution in [0.15, 0.2) is 66.9 Å². The van der Waals surface area contributed by atoms with Crippen LogP contribution >= 0.6 is 0 Å². The summed E-state index contributed by atoms with van der Waals surface area (Å²) in [6.45, 7) is 8.37. The number of fused-ring (bicyclic) bond motifs is 1. The number of ether oxygens (including phenoxy) is 2. The molecular weight excluding hydrogens is 430 g/mol. The molecule has 0 amide bonds. The van der Waals surface area contributed by atoms with E-state index in [0.29, 0.717) is 13.2 Å². The van der Waals surface area contributed by atoms with Gasteiger partial charge in [-0.05, 0) is 60.6 Å². The largest absolute Gasteiger partial charge is 0.457 e. The summed E-state index contributed by atoms with van der Waals surface area (Å²) in [5, 5.41) is 14.5. The molecule has 0 unspecified atom stereocenters. The van der Waals surface area contributed by atoms with Crippen molar-refractivity contribution in [3.8, 4) is 22.8 Å². The highest BCUT2D eigenvalue weighted by atomic mass is 28.3. The number of nitrogens with zero attached hydrogens (tertiary/aromatic N) is 3. The van der Waals surface area contributed by atoms with E-state index in [9.17, 15) is 0 Å². The maximum Gasteiger partial charge on any atom is 0.139 e. The van der Waals surface area contributed by atoms with Crippen LogP contribution < -0.4 is 4.74 Å². The third kappa shape index (κ3) is 6.28. The van der Waals surface area contributed by atoms with Crippen LogP contribution in [0.5, 0.6) is 11.5 Å². The maximum atomic E-state index is 9.10. The Balaban J connectivity index is 1.41. The fourth-order valence-corrected chi connectivity index (χ4v) is 4.26. The second-order valence-corrected chi connectivity index (χ2v) is 14.9. The zero-order valence-electron chi connectivity index (χ0n) is 19.5. The maximum absolute atomic E-state index is 9.10. The standard InChI is InChI=1S/C26H31N3O3Si/c1-33(2,3)17-16-31-19-29-26(12-14-27-29)20-5-8-23(9-6-20)32-24-10-11-25-21(18-24)4-7-22(28-25)13-15-30/h4-12,14,18,30H,13,15-17,19H2,1-3H3. The van der Waals surface area contributed by atoms with Crippen LogP contribution in [0, 0.1) is 0 Å². The summed E-state index contributed by atoms with van der Waals surface area (Å²) in [5.41, 5.74) is 3.86. The summed E-state index contributed by atoms with van der Waals surface area (Å²) in [7, 11) is -1.10. The third-order valence-electron chi connectivity index (χ3n) is 5.40. The van der Waals surface area contributed by atoms with Gasteiger partial charge in [-0.25, -0.2) is 4.68 Å². The number of hydrogen-bond acceptors (Lipinski definition) is 5. The number of pyridine rings is 1. The molecule has 6 nitrogen and oxygen atoms in total. The topological polar surface area (TPSA) is 69.4 Å². The molecule has 172 valence electrons. The van der Waals surface area contributed by atoms with E-state index >= 15 is 0 Å². The first-order valence-electron chi connectivity index (χ1n) is 11.3. The van der Waals surface area contributed by atoms with Crippen LogP contribution in [0.3, 0.4) is 0 Å². The molecule has 2 aromatic heterocycles. The molecule has 0 atom stereocenters. The van der Waals surface area contributed by atoms with Crippen molar-refractivity contribution in [3.05, 3.63) is 72.6 Å². The van der Waals surface area contributed by atoms with Crippen LogP contribution in [0.4, 0.5) is 0 Å². The minimum Gasteiger partial charge on any atom is -0.457 e. The number of hydrogen-bond donors (Lipinski definition) is 1. The Morgan fingerprint density at radius 3 is 2.48 bits per heavy atom. The van der Waals surface area contributed by atoms with E-state index in [4.69, 9.17) is 14.6 Å². The van der Waals surface area contributed by atoms with Gasteiger partial charge in [-0.1, -0.05) is 25.7 Å². The molecule has 2 aromatic carbocycles. The van der Waals surface area contributed by atoms with Crippen molar-refractivity contribution in [2.24, 2.45) is 0 Å². The quantitative estimate of drug-likeness (QED) is 0.241. The minimum atomic E-state index is -1.10. The number of aliphatic hydroxyl groups excluding tert-OH is 1. The molecule has 0 saturated heterocycles. The van der Waals surface area contributed by atoms with Gasteiger partial charge in [-0.2, -0.15) is 5.10 Å². The SMILES string of the molecule is C[Si](C)(C)CCOCn1nccc1-c1ccc(Oc2ccc3nc(CCO)ccc3c2)cc1. The Hall–Kier alpha value is -3.00. The van der Waals surface area contributed by atoms with Crippen molar-refractivity contribution in [1.82, 2.24) is 14.8 Å². The van der Waals surface area contributed by atoms with Crippen LogP contribution in [0.1, 0.15) is 5.69 Å². The Morgan fingerprint density at radius 2 is 1.73 bits per heavy atom. The summed E-state index contributed by atoms with van der Waals surface area (Å²) in [5.74, 6) is 1.52. The van der Waals surface area contributed by atoms with E-state index in [1.54, 1.807) is 6.20 Å². The van der Waals surface area contributed by atoms with E-state index in [0.717, 1.165) is 52.0 Å². The zero-order chi connectivity index (χ0) is 23.3. The number of aromatic nitrogens is 3. The molecule has 4 rings (SSSR count). The van der Waals surface area contributed by atoms with Gasteiger partial charge in [-0.3, -0.25) is 4.98 Å². The Kier molecular flexibility index (Phi) is 7.22. The summed E-state index contributed by atoms with van der Waals surface area (Å²) in [6, 6.07) is 20.9. The average Bonchev–Trinajstić information content (AvgIpc) is 3.25.